The third kappa shape index (κ3) is 2.25. The molecule has 88 valence electrons. The van der Waals surface area contributed by atoms with Crippen LogP contribution in [0.3, 0.4) is 0 Å². The number of nitrogen functional groups attached to an aromatic ring is 1. The minimum Gasteiger partial charge on any atom is -0.383 e. The lowest BCUT2D eigenvalue weighted by molar-refractivity contribution is 0.628. The van der Waals surface area contributed by atoms with E-state index in [0.717, 1.165) is 23.2 Å². The van der Waals surface area contributed by atoms with Gasteiger partial charge in [0.1, 0.15) is 11.6 Å². The van der Waals surface area contributed by atoms with Crippen LogP contribution >= 0.6 is 0 Å². The molecule has 0 fully saturated rings. The lowest BCUT2D eigenvalue weighted by Crippen LogP contribution is -2.04. The van der Waals surface area contributed by atoms with Gasteiger partial charge in [0.15, 0.2) is 5.82 Å². The maximum absolute atomic E-state index is 12.8. The Morgan fingerprint density at radius 1 is 1.18 bits per heavy atom. The van der Waals surface area contributed by atoms with Gasteiger partial charge >= 0.3 is 0 Å². The molecule has 2 N–H and O–H groups in total. The second-order valence-electron chi connectivity index (χ2n) is 3.86. The van der Waals surface area contributed by atoms with Gasteiger partial charge in [-0.2, -0.15) is 0 Å². The van der Waals surface area contributed by atoms with Gasteiger partial charge in [-0.1, -0.05) is 6.92 Å². The number of hydrogen-bond acceptors (Lipinski definition) is 3. The maximum atomic E-state index is 12.8. The number of anilines is 1. The van der Waals surface area contributed by atoms with E-state index < -0.39 is 0 Å². The van der Waals surface area contributed by atoms with E-state index in [0.29, 0.717) is 11.6 Å². The Labute approximate surface area is 99.5 Å². The minimum absolute atomic E-state index is 0.274. The zero-order valence-corrected chi connectivity index (χ0v) is 9.87. The minimum atomic E-state index is -0.274. The fourth-order valence-corrected chi connectivity index (χ4v) is 1.65. The van der Waals surface area contributed by atoms with Crippen molar-refractivity contribution in [2.75, 3.05) is 5.73 Å². The van der Waals surface area contributed by atoms with Gasteiger partial charge in [-0.15, -0.1) is 0 Å². The highest BCUT2D eigenvalue weighted by Gasteiger charge is 2.08. The summed E-state index contributed by atoms with van der Waals surface area (Å²) in [6.07, 6.45) is 0.798. The Kier molecular flexibility index (Phi) is 3.04. The van der Waals surface area contributed by atoms with Gasteiger partial charge < -0.3 is 5.73 Å². The topological polar surface area (TPSA) is 51.8 Å². The lowest BCUT2D eigenvalue weighted by Gasteiger charge is -2.08. The van der Waals surface area contributed by atoms with E-state index in [9.17, 15) is 4.39 Å². The fourth-order valence-electron chi connectivity index (χ4n) is 1.65. The molecule has 1 heterocycles. The summed E-state index contributed by atoms with van der Waals surface area (Å²) in [5.74, 6) is 0.755. The highest BCUT2D eigenvalue weighted by Crippen LogP contribution is 2.20. The van der Waals surface area contributed by atoms with Crippen LogP contribution in [0.5, 0.6) is 0 Å². The Balaban J connectivity index is 2.52. The summed E-state index contributed by atoms with van der Waals surface area (Å²) in [5, 5.41) is 0. The molecule has 1 aromatic heterocycles. The third-order valence-electron chi connectivity index (χ3n) is 2.72. The van der Waals surface area contributed by atoms with E-state index in [4.69, 9.17) is 5.73 Å². The van der Waals surface area contributed by atoms with E-state index in [1.165, 1.54) is 12.1 Å². The second-order valence-corrected chi connectivity index (χ2v) is 3.86. The molecule has 0 saturated heterocycles. The van der Waals surface area contributed by atoms with E-state index in [1.54, 1.807) is 12.1 Å². The highest BCUT2D eigenvalue weighted by molar-refractivity contribution is 5.58. The van der Waals surface area contributed by atoms with Crippen molar-refractivity contribution in [3.8, 4) is 11.4 Å². The van der Waals surface area contributed by atoms with Gasteiger partial charge in [-0.3, -0.25) is 0 Å². The largest absolute Gasteiger partial charge is 0.383 e. The molecule has 0 radical (unpaired) electrons. The standard InChI is InChI=1S/C13H14FN3/c1-3-11-8(2)12(15)17-13(16-11)9-4-6-10(14)7-5-9/h4-7H,3H2,1-2H3,(H2,15,16,17). The fraction of sp³-hybridized carbons (Fsp3) is 0.231. The van der Waals surface area contributed by atoms with Gasteiger partial charge in [-0.25, -0.2) is 14.4 Å². The van der Waals surface area contributed by atoms with Crippen molar-refractivity contribution in [3.63, 3.8) is 0 Å². The number of rotatable bonds is 2. The quantitative estimate of drug-likeness (QED) is 0.864. The average molecular weight is 231 g/mol. The Morgan fingerprint density at radius 2 is 1.82 bits per heavy atom. The molecule has 0 saturated carbocycles. The zero-order chi connectivity index (χ0) is 12.4. The first-order chi connectivity index (χ1) is 8.11. The van der Waals surface area contributed by atoms with E-state index in [1.807, 2.05) is 13.8 Å². The first-order valence-electron chi connectivity index (χ1n) is 5.50. The Morgan fingerprint density at radius 3 is 2.41 bits per heavy atom. The molecule has 0 unspecified atom stereocenters. The predicted octanol–water partition coefficient (Wildman–Crippen LogP) is 2.74. The number of benzene rings is 1. The molecule has 17 heavy (non-hydrogen) atoms. The average Bonchev–Trinajstić information content (AvgIpc) is 2.33. The number of nitrogens with zero attached hydrogens (tertiary/aromatic N) is 2. The molecule has 0 bridgehead atoms. The Hall–Kier alpha value is -1.97. The maximum Gasteiger partial charge on any atom is 0.161 e. The smallest absolute Gasteiger partial charge is 0.161 e. The van der Waals surface area contributed by atoms with Crippen LogP contribution in [-0.2, 0) is 6.42 Å². The number of nitrogens with two attached hydrogens (primary N) is 1. The zero-order valence-electron chi connectivity index (χ0n) is 9.87. The summed E-state index contributed by atoms with van der Waals surface area (Å²) < 4.78 is 12.8. The first kappa shape index (κ1) is 11.5. The number of hydrogen-bond donors (Lipinski definition) is 1. The molecule has 0 aliphatic rings. The summed E-state index contributed by atoms with van der Waals surface area (Å²) in [4.78, 5) is 8.66. The molecule has 0 aliphatic heterocycles. The van der Waals surface area contributed by atoms with Gasteiger partial charge in [0.05, 0.1) is 0 Å². The molecule has 4 heteroatoms. The normalized spacial score (nSPS) is 10.5. The van der Waals surface area contributed by atoms with Crippen molar-refractivity contribution < 1.29 is 4.39 Å². The number of halogens is 1. The van der Waals surface area contributed by atoms with Crippen LogP contribution in [0.4, 0.5) is 10.2 Å². The summed E-state index contributed by atoms with van der Waals surface area (Å²) >= 11 is 0. The predicted molar refractivity (Wildman–Crippen MR) is 66.0 cm³/mol. The van der Waals surface area contributed by atoms with Crippen molar-refractivity contribution in [2.24, 2.45) is 0 Å². The second kappa shape index (κ2) is 4.49. The number of aromatic nitrogens is 2. The van der Waals surface area contributed by atoms with E-state index in [2.05, 4.69) is 9.97 Å². The molecule has 2 rings (SSSR count). The summed E-state index contributed by atoms with van der Waals surface area (Å²) in [7, 11) is 0. The van der Waals surface area contributed by atoms with Crippen molar-refractivity contribution in [1.29, 1.82) is 0 Å². The molecule has 0 atom stereocenters. The van der Waals surface area contributed by atoms with Crippen LogP contribution in [0.1, 0.15) is 18.2 Å². The third-order valence-corrected chi connectivity index (χ3v) is 2.72. The van der Waals surface area contributed by atoms with Crippen molar-refractivity contribution in [1.82, 2.24) is 9.97 Å². The van der Waals surface area contributed by atoms with E-state index in [-0.39, 0.29) is 5.82 Å². The van der Waals surface area contributed by atoms with Crippen LogP contribution in [0.15, 0.2) is 24.3 Å². The molecule has 2 aromatic rings. The van der Waals surface area contributed by atoms with Gasteiger partial charge in [0.2, 0.25) is 0 Å². The highest BCUT2D eigenvalue weighted by atomic mass is 19.1. The summed E-state index contributed by atoms with van der Waals surface area (Å²) in [6.45, 7) is 3.92. The van der Waals surface area contributed by atoms with Crippen LogP contribution in [-0.4, -0.2) is 9.97 Å². The van der Waals surface area contributed by atoms with Crippen LogP contribution in [0, 0.1) is 12.7 Å². The molecule has 0 spiro atoms. The van der Waals surface area contributed by atoms with E-state index >= 15 is 0 Å². The molecular formula is C13H14FN3. The van der Waals surface area contributed by atoms with Crippen LogP contribution in [0.2, 0.25) is 0 Å². The van der Waals surface area contributed by atoms with Crippen LogP contribution in [0.25, 0.3) is 11.4 Å². The van der Waals surface area contributed by atoms with Crippen molar-refractivity contribution in [2.45, 2.75) is 20.3 Å². The molecular weight excluding hydrogens is 217 g/mol. The van der Waals surface area contributed by atoms with Gasteiger partial charge in [-0.05, 0) is 37.6 Å². The van der Waals surface area contributed by atoms with Crippen LogP contribution < -0.4 is 5.73 Å². The first-order valence-corrected chi connectivity index (χ1v) is 5.50. The van der Waals surface area contributed by atoms with Crippen molar-refractivity contribution in [3.05, 3.63) is 41.3 Å². The monoisotopic (exact) mass is 231 g/mol. The van der Waals surface area contributed by atoms with Gasteiger partial charge in [0.25, 0.3) is 0 Å². The molecule has 3 nitrogen and oxygen atoms in total. The Bertz CT molecular complexity index is 535. The van der Waals surface area contributed by atoms with Crippen molar-refractivity contribution >= 4 is 5.82 Å². The number of aryl methyl sites for hydroxylation is 1. The summed E-state index contributed by atoms with van der Waals surface area (Å²) in [6, 6.07) is 6.08. The molecule has 0 aliphatic carbocycles. The summed E-state index contributed by atoms with van der Waals surface area (Å²) in [5.41, 5.74) is 8.45. The molecule has 0 amide bonds. The van der Waals surface area contributed by atoms with Gasteiger partial charge in [0, 0.05) is 16.8 Å². The molecule has 1 aromatic carbocycles. The lowest BCUT2D eigenvalue weighted by atomic mass is 10.1. The SMILES string of the molecule is CCc1nc(-c2ccc(F)cc2)nc(N)c1C.